The van der Waals surface area contributed by atoms with E-state index in [-0.39, 0.29) is 0 Å². The second kappa shape index (κ2) is 13.1. The summed E-state index contributed by atoms with van der Waals surface area (Å²) in [7, 11) is 0. The molecule has 0 radical (unpaired) electrons. The Morgan fingerprint density at radius 1 is 1.06 bits per heavy atom. The van der Waals surface area contributed by atoms with Gasteiger partial charge in [0.05, 0.1) is 11.4 Å². The van der Waals surface area contributed by atoms with Gasteiger partial charge >= 0.3 is 5.97 Å². The standard InChI is InChI=1S/C27H31N3O4/c1-3-15-28-26(27(31)32)19-21-7-13-24(14-8-21)33-17-18-34-30-20(2)22-9-11-23(12-10-22)25-6-4-5-16-29-25/h4-14,16,26,28H,3,15,17-19H2,1-2H3,(H,31,32). The van der Waals surface area contributed by atoms with Gasteiger partial charge in [-0.25, -0.2) is 0 Å². The molecule has 0 saturated carbocycles. The summed E-state index contributed by atoms with van der Waals surface area (Å²) in [5.41, 5.74) is 4.67. The Hall–Kier alpha value is -3.71. The molecule has 2 aromatic carbocycles. The summed E-state index contributed by atoms with van der Waals surface area (Å²) in [5, 5.41) is 16.6. The Labute approximate surface area is 200 Å². The Kier molecular flexibility index (Phi) is 9.61. The number of carboxylic acids is 1. The minimum atomic E-state index is -0.842. The number of carboxylic acid groups (broad SMARTS) is 1. The van der Waals surface area contributed by atoms with Gasteiger partial charge in [0.25, 0.3) is 0 Å². The molecule has 3 rings (SSSR count). The highest BCUT2D eigenvalue weighted by molar-refractivity contribution is 5.98. The fourth-order valence-corrected chi connectivity index (χ4v) is 3.33. The number of aromatic nitrogens is 1. The molecule has 1 heterocycles. The van der Waals surface area contributed by atoms with Gasteiger partial charge < -0.3 is 20.0 Å². The lowest BCUT2D eigenvalue weighted by molar-refractivity contribution is -0.139. The van der Waals surface area contributed by atoms with E-state index < -0.39 is 12.0 Å². The molecular formula is C27H31N3O4. The Balaban J connectivity index is 1.42. The number of hydrogen-bond acceptors (Lipinski definition) is 6. The molecule has 1 atom stereocenters. The number of rotatable bonds is 13. The Morgan fingerprint density at radius 3 is 2.47 bits per heavy atom. The van der Waals surface area contributed by atoms with Crippen LogP contribution in [0.2, 0.25) is 0 Å². The average Bonchev–Trinajstić information content (AvgIpc) is 2.87. The van der Waals surface area contributed by atoms with Crippen molar-refractivity contribution in [2.75, 3.05) is 19.8 Å². The van der Waals surface area contributed by atoms with Crippen LogP contribution < -0.4 is 10.1 Å². The van der Waals surface area contributed by atoms with Crippen LogP contribution in [0.3, 0.4) is 0 Å². The van der Waals surface area contributed by atoms with E-state index in [1.165, 1.54) is 0 Å². The molecule has 0 aliphatic heterocycles. The zero-order valence-corrected chi connectivity index (χ0v) is 19.6. The lowest BCUT2D eigenvalue weighted by Gasteiger charge is -2.14. The van der Waals surface area contributed by atoms with Gasteiger partial charge in [-0.05, 0) is 61.7 Å². The number of nitrogens with one attached hydrogen (secondary N) is 1. The summed E-state index contributed by atoms with van der Waals surface area (Å²) >= 11 is 0. The number of pyridine rings is 1. The summed E-state index contributed by atoms with van der Waals surface area (Å²) in [4.78, 5) is 21.1. The number of nitrogens with zero attached hydrogens (tertiary/aromatic N) is 2. The highest BCUT2D eigenvalue weighted by Gasteiger charge is 2.16. The molecule has 0 spiro atoms. The largest absolute Gasteiger partial charge is 0.490 e. The number of oxime groups is 1. The van der Waals surface area contributed by atoms with Gasteiger partial charge in [0.15, 0.2) is 6.61 Å². The molecule has 34 heavy (non-hydrogen) atoms. The van der Waals surface area contributed by atoms with Crippen molar-refractivity contribution in [1.29, 1.82) is 0 Å². The average molecular weight is 462 g/mol. The van der Waals surface area contributed by atoms with Crippen LogP contribution in [0.4, 0.5) is 0 Å². The van der Waals surface area contributed by atoms with E-state index in [4.69, 9.17) is 9.57 Å². The van der Waals surface area contributed by atoms with Crippen LogP contribution in [0, 0.1) is 0 Å². The van der Waals surface area contributed by atoms with Crippen LogP contribution in [-0.4, -0.2) is 47.6 Å². The van der Waals surface area contributed by atoms with E-state index in [0.29, 0.717) is 31.9 Å². The van der Waals surface area contributed by atoms with Gasteiger partial charge in [0, 0.05) is 11.8 Å². The first-order valence-corrected chi connectivity index (χ1v) is 11.4. The van der Waals surface area contributed by atoms with Gasteiger partial charge in [-0.2, -0.15) is 0 Å². The van der Waals surface area contributed by atoms with Gasteiger partial charge in [-0.3, -0.25) is 9.78 Å². The maximum atomic E-state index is 11.4. The third kappa shape index (κ3) is 7.71. The van der Waals surface area contributed by atoms with Crippen molar-refractivity contribution in [3.8, 4) is 17.0 Å². The smallest absolute Gasteiger partial charge is 0.321 e. The van der Waals surface area contributed by atoms with Crippen molar-refractivity contribution in [3.63, 3.8) is 0 Å². The second-order valence-electron chi connectivity index (χ2n) is 7.84. The highest BCUT2D eigenvalue weighted by Crippen LogP contribution is 2.17. The van der Waals surface area contributed by atoms with E-state index in [0.717, 1.165) is 34.5 Å². The Morgan fingerprint density at radius 2 is 1.82 bits per heavy atom. The van der Waals surface area contributed by atoms with E-state index in [1.54, 1.807) is 6.20 Å². The van der Waals surface area contributed by atoms with Crippen molar-refractivity contribution < 1.29 is 19.5 Å². The molecule has 0 aliphatic rings. The number of ether oxygens (including phenoxy) is 1. The SMILES string of the molecule is CCCNC(Cc1ccc(OCCON=C(C)c2ccc(-c3ccccn3)cc2)cc1)C(=O)O. The third-order valence-electron chi connectivity index (χ3n) is 5.21. The van der Waals surface area contributed by atoms with E-state index in [1.807, 2.05) is 80.6 Å². The predicted octanol–water partition coefficient (Wildman–Crippen LogP) is 4.56. The summed E-state index contributed by atoms with van der Waals surface area (Å²) in [6, 6.07) is 20.7. The van der Waals surface area contributed by atoms with Gasteiger partial charge in [0.2, 0.25) is 0 Å². The summed E-state index contributed by atoms with van der Waals surface area (Å²) in [6.07, 6.45) is 3.09. The normalized spacial score (nSPS) is 12.2. The van der Waals surface area contributed by atoms with Crippen molar-refractivity contribution in [3.05, 3.63) is 84.1 Å². The maximum absolute atomic E-state index is 11.4. The molecule has 1 aromatic heterocycles. The first kappa shape index (κ1) is 24.9. The number of hydrogen-bond donors (Lipinski definition) is 2. The molecular weight excluding hydrogens is 430 g/mol. The second-order valence-corrected chi connectivity index (χ2v) is 7.84. The monoisotopic (exact) mass is 461 g/mol. The molecule has 1 unspecified atom stereocenters. The molecule has 0 saturated heterocycles. The highest BCUT2D eigenvalue weighted by atomic mass is 16.6. The molecule has 7 nitrogen and oxygen atoms in total. The van der Waals surface area contributed by atoms with Gasteiger partial charge in [-0.1, -0.05) is 54.5 Å². The van der Waals surface area contributed by atoms with Crippen LogP contribution in [0.25, 0.3) is 11.3 Å². The molecule has 0 bridgehead atoms. The van der Waals surface area contributed by atoms with E-state index in [9.17, 15) is 9.90 Å². The minimum Gasteiger partial charge on any atom is -0.490 e. The topological polar surface area (TPSA) is 93.0 Å². The molecule has 178 valence electrons. The van der Waals surface area contributed by atoms with Crippen molar-refractivity contribution in [2.45, 2.75) is 32.7 Å². The van der Waals surface area contributed by atoms with Crippen LogP contribution in [0.15, 0.2) is 78.1 Å². The maximum Gasteiger partial charge on any atom is 0.321 e. The van der Waals surface area contributed by atoms with Crippen molar-refractivity contribution in [1.82, 2.24) is 10.3 Å². The fraction of sp³-hybridized carbons (Fsp3) is 0.296. The van der Waals surface area contributed by atoms with Crippen LogP contribution in [0.1, 0.15) is 31.4 Å². The van der Waals surface area contributed by atoms with Crippen LogP contribution in [0.5, 0.6) is 5.75 Å². The van der Waals surface area contributed by atoms with Gasteiger partial charge in [0.1, 0.15) is 18.4 Å². The van der Waals surface area contributed by atoms with Gasteiger partial charge in [-0.15, -0.1) is 0 Å². The molecule has 0 fully saturated rings. The van der Waals surface area contributed by atoms with Crippen LogP contribution >= 0.6 is 0 Å². The fourth-order valence-electron chi connectivity index (χ4n) is 3.33. The lowest BCUT2D eigenvalue weighted by Crippen LogP contribution is -2.38. The number of carbonyl (C=O) groups is 1. The zero-order chi connectivity index (χ0) is 24.2. The van der Waals surface area contributed by atoms with Crippen molar-refractivity contribution in [2.24, 2.45) is 5.16 Å². The quantitative estimate of drug-likeness (QED) is 0.220. The number of benzene rings is 2. The van der Waals surface area contributed by atoms with Crippen LogP contribution in [-0.2, 0) is 16.1 Å². The molecule has 7 heteroatoms. The van der Waals surface area contributed by atoms with Crippen molar-refractivity contribution >= 4 is 11.7 Å². The molecule has 0 aliphatic carbocycles. The summed E-state index contributed by atoms with van der Waals surface area (Å²) < 4.78 is 5.70. The first-order chi connectivity index (χ1) is 16.6. The molecule has 2 N–H and O–H groups in total. The third-order valence-corrected chi connectivity index (χ3v) is 5.21. The number of aliphatic carboxylic acids is 1. The lowest BCUT2D eigenvalue weighted by atomic mass is 10.1. The zero-order valence-electron chi connectivity index (χ0n) is 19.6. The Bertz CT molecular complexity index is 1050. The van der Waals surface area contributed by atoms with E-state index >= 15 is 0 Å². The first-order valence-electron chi connectivity index (χ1n) is 11.4. The van der Waals surface area contributed by atoms with E-state index in [2.05, 4.69) is 15.5 Å². The minimum absolute atomic E-state index is 0.313. The molecule has 3 aromatic rings. The predicted molar refractivity (Wildman–Crippen MR) is 133 cm³/mol. The summed E-state index contributed by atoms with van der Waals surface area (Å²) in [6.45, 7) is 5.25. The molecule has 0 amide bonds. The summed E-state index contributed by atoms with van der Waals surface area (Å²) in [5.74, 6) is -0.141.